The number of carbonyl (C=O) groups excluding carboxylic acids is 1. The van der Waals surface area contributed by atoms with Crippen LogP contribution >= 0.6 is 12.2 Å². The molecule has 6 nitrogen and oxygen atoms in total. The molecular weight excluding hydrogens is 384 g/mol. The van der Waals surface area contributed by atoms with Crippen LogP contribution in [0, 0.1) is 0 Å². The van der Waals surface area contributed by atoms with Crippen LogP contribution in [-0.2, 0) is 0 Å². The summed E-state index contributed by atoms with van der Waals surface area (Å²) in [7, 11) is 1.62. The van der Waals surface area contributed by atoms with Crippen molar-refractivity contribution < 1.29 is 9.53 Å². The number of rotatable bonds is 3. The lowest BCUT2D eigenvalue weighted by Gasteiger charge is -2.16. The number of hydrogen-bond donors (Lipinski definition) is 3. The molecule has 0 unspecified atom stereocenters. The Morgan fingerprint density at radius 1 is 0.966 bits per heavy atom. The van der Waals surface area contributed by atoms with Crippen LogP contribution in [0.1, 0.15) is 10.4 Å². The molecule has 0 bridgehead atoms. The Kier molecular flexibility index (Phi) is 4.97. The van der Waals surface area contributed by atoms with Gasteiger partial charge in [0.2, 0.25) is 0 Å². The van der Waals surface area contributed by atoms with E-state index in [0.29, 0.717) is 11.3 Å². The van der Waals surface area contributed by atoms with Crippen molar-refractivity contribution in [2.75, 3.05) is 7.11 Å². The van der Waals surface area contributed by atoms with Crippen molar-refractivity contribution in [3.8, 4) is 16.9 Å². The number of pyridine rings is 1. The Bertz CT molecular complexity index is 1260. The molecule has 144 valence electrons. The second-order valence-corrected chi connectivity index (χ2v) is 6.82. The first-order chi connectivity index (χ1) is 14.1. The summed E-state index contributed by atoms with van der Waals surface area (Å²) in [4.78, 5) is 17.6. The van der Waals surface area contributed by atoms with Crippen molar-refractivity contribution in [1.29, 1.82) is 0 Å². The molecule has 4 N–H and O–H groups in total. The maximum atomic E-state index is 12.8. The molecule has 1 amide bonds. The number of hydrazine groups is 1. The molecule has 29 heavy (non-hydrogen) atoms. The van der Waals surface area contributed by atoms with E-state index in [1.54, 1.807) is 13.2 Å². The number of nitrogens with one attached hydrogen (secondary N) is 2. The van der Waals surface area contributed by atoms with E-state index < -0.39 is 0 Å². The van der Waals surface area contributed by atoms with Crippen molar-refractivity contribution in [2.24, 2.45) is 5.73 Å². The van der Waals surface area contributed by atoms with Crippen LogP contribution in [0.4, 0.5) is 0 Å². The summed E-state index contributed by atoms with van der Waals surface area (Å²) >= 11 is 4.77. The molecular formula is C22H18N4O2S. The maximum Gasteiger partial charge on any atom is 0.270 e. The lowest BCUT2D eigenvalue weighted by Crippen LogP contribution is -2.44. The molecule has 0 aliphatic heterocycles. The van der Waals surface area contributed by atoms with Gasteiger partial charge in [-0.25, -0.2) is 4.98 Å². The molecule has 1 aromatic heterocycles. The minimum Gasteiger partial charge on any atom is -0.497 e. The molecule has 0 aliphatic rings. The molecule has 0 radical (unpaired) electrons. The Hall–Kier alpha value is -3.71. The van der Waals surface area contributed by atoms with E-state index in [1.165, 1.54) is 0 Å². The Morgan fingerprint density at radius 3 is 2.48 bits per heavy atom. The number of thiocarbonyl (C=S) groups is 1. The van der Waals surface area contributed by atoms with E-state index in [2.05, 4.69) is 10.9 Å². The summed E-state index contributed by atoms with van der Waals surface area (Å²) in [5.41, 5.74) is 14.3. The van der Waals surface area contributed by atoms with E-state index in [4.69, 9.17) is 27.7 Å². The van der Waals surface area contributed by atoms with Gasteiger partial charge >= 0.3 is 0 Å². The smallest absolute Gasteiger partial charge is 0.270 e. The minimum atomic E-state index is -0.342. The summed E-state index contributed by atoms with van der Waals surface area (Å²) in [6.45, 7) is 0. The van der Waals surface area contributed by atoms with Gasteiger partial charge in [0.1, 0.15) is 5.75 Å². The number of nitrogens with zero attached hydrogens (tertiary/aromatic N) is 1. The molecule has 0 spiro atoms. The van der Waals surface area contributed by atoms with E-state index in [-0.39, 0.29) is 11.0 Å². The number of benzene rings is 3. The average Bonchev–Trinajstić information content (AvgIpc) is 2.75. The normalized spacial score (nSPS) is 10.7. The number of para-hydroxylation sites is 1. The lowest BCUT2D eigenvalue weighted by molar-refractivity contribution is 0.0944. The fourth-order valence-corrected chi connectivity index (χ4v) is 3.42. The highest BCUT2D eigenvalue weighted by molar-refractivity contribution is 7.80. The molecule has 4 aromatic rings. The first-order valence-corrected chi connectivity index (χ1v) is 9.31. The van der Waals surface area contributed by atoms with E-state index in [1.807, 2.05) is 60.7 Å². The van der Waals surface area contributed by atoms with Gasteiger partial charge in [0.05, 0.1) is 18.1 Å². The third-order valence-corrected chi connectivity index (χ3v) is 4.73. The molecule has 7 heteroatoms. The Morgan fingerprint density at radius 2 is 1.69 bits per heavy atom. The number of carbonyl (C=O) groups is 1. The van der Waals surface area contributed by atoms with Gasteiger partial charge in [-0.3, -0.25) is 15.6 Å². The third-order valence-electron chi connectivity index (χ3n) is 4.63. The molecule has 0 fully saturated rings. The Balaban J connectivity index is 2.02. The zero-order valence-corrected chi connectivity index (χ0v) is 16.4. The summed E-state index contributed by atoms with van der Waals surface area (Å²) in [5.74, 6) is 0.373. The maximum absolute atomic E-state index is 12.8. The zero-order valence-electron chi connectivity index (χ0n) is 15.6. The number of methoxy groups -OCH3 is 1. The van der Waals surface area contributed by atoms with Crippen LogP contribution in [0.25, 0.3) is 32.9 Å². The quantitative estimate of drug-likeness (QED) is 0.276. The van der Waals surface area contributed by atoms with Gasteiger partial charge in [-0.05, 0) is 48.1 Å². The Labute approximate surface area is 172 Å². The first-order valence-electron chi connectivity index (χ1n) is 8.90. The van der Waals surface area contributed by atoms with Gasteiger partial charge in [-0.15, -0.1) is 0 Å². The predicted octanol–water partition coefficient (Wildman–Crippen LogP) is 3.54. The van der Waals surface area contributed by atoms with Gasteiger partial charge in [0.15, 0.2) is 5.11 Å². The first kappa shape index (κ1) is 18.6. The number of aromatic nitrogens is 1. The largest absolute Gasteiger partial charge is 0.497 e. The predicted molar refractivity (Wildman–Crippen MR) is 119 cm³/mol. The van der Waals surface area contributed by atoms with Gasteiger partial charge in [0.25, 0.3) is 5.91 Å². The van der Waals surface area contributed by atoms with Crippen molar-refractivity contribution in [2.45, 2.75) is 0 Å². The minimum absolute atomic E-state index is 0.0135. The van der Waals surface area contributed by atoms with Crippen molar-refractivity contribution in [3.05, 3.63) is 72.3 Å². The van der Waals surface area contributed by atoms with E-state index in [9.17, 15) is 4.79 Å². The van der Waals surface area contributed by atoms with Crippen LogP contribution in [0.5, 0.6) is 5.75 Å². The third kappa shape index (κ3) is 3.55. The second-order valence-electron chi connectivity index (χ2n) is 6.38. The van der Waals surface area contributed by atoms with E-state index >= 15 is 0 Å². The van der Waals surface area contributed by atoms with Crippen LogP contribution in [0.15, 0.2) is 66.7 Å². The van der Waals surface area contributed by atoms with Crippen LogP contribution < -0.4 is 21.3 Å². The molecule has 1 heterocycles. The molecule has 0 saturated carbocycles. The highest BCUT2D eigenvalue weighted by Gasteiger charge is 2.18. The highest BCUT2D eigenvalue weighted by atomic mass is 32.1. The summed E-state index contributed by atoms with van der Waals surface area (Å²) in [5, 5.41) is 1.82. The monoisotopic (exact) mass is 402 g/mol. The number of fused-ring (bicyclic) bond motifs is 2. The SMILES string of the molecule is COc1ccc2nc3ccccc3c(-c3ccccc3C(=O)NNC(N)=S)c2c1. The van der Waals surface area contributed by atoms with Gasteiger partial charge < -0.3 is 10.5 Å². The zero-order chi connectivity index (χ0) is 20.4. The second kappa shape index (κ2) is 7.73. The number of nitrogens with two attached hydrogens (primary N) is 1. The highest BCUT2D eigenvalue weighted by Crippen LogP contribution is 2.37. The average molecular weight is 402 g/mol. The van der Waals surface area contributed by atoms with Crippen LogP contribution in [-0.4, -0.2) is 23.1 Å². The van der Waals surface area contributed by atoms with Gasteiger partial charge in [-0.2, -0.15) is 0 Å². The van der Waals surface area contributed by atoms with Crippen LogP contribution in [0.2, 0.25) is 0 Å². The molecule has 0 atom stereocenters. The lowest BCUT2D eigenvalue weighted by atomic mass is 9.92. The standard InChI is InChI=1S/C22H18N4O2S/c1-28-13-10-11-19-17(12-13)20(16-8-4-5-9-18(16)24-19)14-6-2-3-7-15(14)21(27)25-26-22(23)29/h2-12H,1H3,(H,25,27)(H3,23,26,29). The molecule has 0 saturated heterocycles. The van der Waals surface area contributed by atoms with Gasteiger partial charge in [-0.1, -0.05) is 36.4 Å². The summed E-state index contributed by atoms with van der Waals surface area (Å²) < 4.78 is 5.42. The molecule has 3 aromatic carbocycles. The molecule has 0 aliphatic carbocycles. The van der Waals surface area contributed by atoms with Gasteiger partial charge in [0, 0.05) is 21.9 Å². The van der Waals surface area contributed by atoms with Crippen molar-refractivity contribution in [3.63, 3.8) is 0 Å². The number of ether oxygens (including phenoxy) is 1. The van der Waals surface area contributed by atoms with Crippen LogP contribution in [0.3, 0.4) is 0 Å². The van der Waals surface area contributed by atoms with E-state index in [0.717, 1.165) is 32.9 Å². The number of hydrogen-bond acceptors (Lipinski definition) is 4. The fourth-order valence-electron chi connectivity index (χ4n) is 3.37. The molecule has 4 rings (SSSR count). The summed E-state index contributed by atoms with van der Waals surface area (Å²) in [6, 6.07) is 21.0. The van der Waals surface area contributed by atoms with Crippen molar-refractivity contribution >= 4 is 45.0 Å². The van der Waals surface area contributed by atoms with Crippen molar-refractivity contribution in [1.82, 2.24) is 15.8 Å². The topological polar surface area (TPSA) is 89.3 Å². The number of amides is 1. The summed E-state index contributed by atoms with van der Waals surface area (Å²) in [6.07, 6.45) is 0. The fraction of sp³-hybridized carbons (Fsp3) is 0.0455.